The zero-order valence-electron chi connectivity index (χ0n) is 40.8. The van der Waals surface area contributed by atoms with E-state index in [4.69, 9.17) is 44.3 Å². The second-order valence-electron chi connectivity index (χ2n) is 18.6. The second-order valence-corrected chi connectivity index (χ2v) is 22.1. The van der Waals surface area contributed by atoms with Crippen molar-refractivity contribution < 1.29 is 42.7 Å². The van der Waals surface area contributed by atoms with Crippen molar-refractivity contribution in [2.75, 3.05) is 112 Å². The van der Waals surface area contributed by atoms with E-state index in [9.17, 15) is 9.59 Å². The lowest BCUT2D eigenvalue weighted by atomic mass is 10.1. The highest BCUT2D eigenvalue weighted by Crippen LogP contribution is 2.43. The highest BCUT2D eigenvalue weighted by atomic mass is 32.8. The predicted molar refractivity (Wildman–Crippen MR) is 280 cm³/mol. The molecule has 3 atom stereocenters. The van der Waals surface area contributed by atoms with Crippen molar-refractivity contribution in [2.24, 2.45) is 0 Å². The van der Waals surface area contributed by atoms with Gasteiger partial charge in [0.15, 0.2) is 23.0 Å². The monoisotopic (exact) mass is 989 g/mol. The third-order valence-electron chi connectivity index (χ3n) is 13.6. The average Bonchev–Trinajstić information content (AvgIpc) is 3.86. The zero-order chi connectivity index (χ0) is 48.9. The van der Waals surface area contributed by atoms with E-state index in [1.165, 1.54) is 11.1 Å². The fraction of sp³-hybridized carbons (Fsp3) is 0.407. The van der Waals surface area contributed by atoms with E-state index >= 15 is 0 Å². The van der Waals surface area contributed by atoms with Crippen LogP contribution < -0.4 is 44.3 Å². The molecule has 0 saturated carbocycles. The maximum atomic E-state index is 14.2. The highest BCUT2D eigenvalue weighted by Gasteiger charge is 2.39. The number of carbonyl (C=O) groups is 2. The number of hydrogen-bond acceptors (Lipinski definition) is 13. The summed E-state index contributed by atoms with van der Waals surface area (Å²) < 4.78 is 41.7. The van der Waals surface area contributed by atoms with Crippen molar-refractivity contribution >= 4 is 60.9 Å². The molecule has 0 bridgehead atoms. The van der Waals surface area contributed by atoms with Gasteiger partial charge in [-0.2, -0.15) is 0 Å². The molecule has 16 heteroatoms. The van der Waals surface area contributed by atoms with E-state index in [1.54, 1.807) is 33.5 Å². The van der Waals surface area contributed by atoms with Gasteiger partial charge in [0.25, 0.3) is 11.8 Å². The van der Waals surface area contributed by atoms with Crippen LogP contribution in [0.15, 0.2) is 91.0 Å². The van der Waals surface area contributed by atoms with Gasteiger partial charge in [-0.25, -0.2) is 0 Å². The Kier molecular flexibility index (Phi) is 15.2. The number of rotatable bonds is 21. The molecule has 0 saturated heterocycles. The Morgan fingerprint density at radius 2 is 1.14 bits per heavy atom. The minimum atomic E-state index is -0.318. The molecule has 0 fully saturated rings. The normalized spacial score (nSPS) is 17.1. The second kappa shape index (κ2) is 21.6. The number of nitrogens with zero attached hydrogens (tertiary/aromatic N) is 3. The van der Waals surface area contributed by atoms with Crippen molar-refractivity contribution in [3.05, 3.63) is 124 Å². The molecule has 5 aromatic rings. The molecular formula is C54H63N5O9S2. The van der Waals surface area contributed by atoms with Crippen LogP contribution in [0.3, 0.4) is 0 Å². The van der Waals surface area contributed by atoms with Gasteiger partial charge in [0.1, 0.15) is 13.2 Å². The molecule has 0 radical (unpaired) electrons. The molecule has 0 aromatic heterocycles. The molecule has 0 aliphatic carbocycles. The molecule has 370 valence electrons. The molecule has 2 amide bonds. The van der Waals surface area contributed by atoms with E-state index in [0.29, 0.717) is 105 Å². The number of amides is 2. The number of benzene rings is 5. The molecule has 14 nitrogen and oxygen atoms in total. The van der Waals surface area contributed by atoms with Gasteiger partial charge in [-0.15, -0.1) is 9.45 Å². The summed E-state index contributed by atoms with van der Waals surface area (Å²) in [5, 5.41) is 7.09. The summed E-state index contributed by atoms with van der Waals surface area (Å²) in [6.07, 6.45) is 3.67. The van der Waals surface area contributed by atoms with Gasteiger partial charge < -0.3 is 58.5 Å². The van der Waals surface area contributed by atoms with E-state index in [-0.39, 0.29) is 51.3 Å². The summed E-state index contributed by atoms with van der Waals surface area (Å²) in [6.45, 7) is 9.69. The van der Waals surface area contributed by atoms with Crippen molar-refractivity contribution in [3.63, 3.8) is 0 Å². The minimum Gasteiger partial charge on any atom is -0.493 e. The van der Waals surface area contributed by atoms with Crippen LogP contribution in [0.1, 0.15) is 56.8 Å². The first-order valence-electron chi connectivity index (χ1n) is 23.8. The molecule has 70 heavy (non-hydrogen) atoms. The Morgan fingerprint density at radius 1 is 0.657 bits per heavy atom. The van der Waals surface area contributed by atoms with Crippen molar-refractivity contribution in [3.8, 4) is 23.0 Å². The number of anilines is 5. The van der Waals surface area contributed by atoms with Crippen LogP contribution in [0.2, 0.25) is 0 Å². The maximum absolute atomic E-state index is 14.2. The van der Waals surface area contributed by atoms with Gasteiger partial charge in [0.05, 0.1) is 81.8 Å². The average molecular weight is 990 g/mol. The van der Waals surface area contributed by atoms with Gasteiger partial charge in [0, 0.05) is 67.2 Å². The van der Waals surface area contributed by atoms with Crippen LogP contribution in [0, 0.1) is 0 Å². The van der Waals surface area contributed by atoms with Gasteiger partial charge in [-0.1, -0.05) is 47.6 Å². The van der Waals surface area contributed by atoms with E-state index in [0.717, 1.165) is 41.0 Å². The Hall–Kier alpha value is -5.91. The summed E-state index contributed by atoms with van der Waals surface area (Å²) in [4.78, 5) is 34.5. The number of methoxy groups -OCH3 is 3. The smallest absolute Gasteiger partial charge is 0.260 e. The van der Waals surface area contributed by atoms with Crippen LogP contribution in [-0.2, 0) is 60.9 Å². The number of carbonyl (C=O) groups excluding carboxylic acids is 2. The summed E-state index contributed by atoms with van der Waals surface area (Å²) in [5.41, 5.74) is 9.42. The van der Waals surface area contributed by atoms with E-state index < -0.39 is 0 Å². The molecule has 0 spiro atoms. The molecule has 4 aliphatic heterocycles. The lowest BCUT2D eigenvalue weighted by molar-refractivity contribution is 0.0264. The lowest BCUT2D eigenvalue weighted by Crippen LogP contribution is -2.43. The molecule has 4 aliphatic rings. The van der Waals surface area contributed by atoms with Gasteiger partial charge in [-0.3, -0.25) is 9.59 Å². The van der Waals surface area contributed by atoms with E-state index in [1.807, 2.05) is 58.3 Å². The fourth-order valence-electron chi connectivity index (χ4n) is 9.73. The first kappa shape index (κ1) is 49.1. The summed E-state index contributed by atoms with van der Waals surface area (Å²) in [5.74, 6) is 1.78. The number of ether oxygens (including phenoxy) is 7. The SMILES string of the molecule is COCCOCCOCCN(CC(C)(C)S(C)=S)c1cc(COc2cc3c(cc2OC)C(=O)N2c4ccccc4C[C@H]2CN3)cc(COc2cc3c(cc2OC)C(=O)N2c4ccccc4C[C@H]2CN3)c1. The predicted octanol–water partition coefficient (Wildman–Crippen LogP) is 7.83. The number of fused-ring (bicyclic) bond motifs is 8. The standard InChI is InChI=1S/C54H63N5O9S2/c1-54(2,70(6)69)34-57(15-16-65-19-20-66-18-17-62-3)39-22-35(32-67-50-28-44-42(26-48(50)63-4)52(60)58-40(30-55-44)24-37-11-7-9-13-46(37)58)21-36(23-39)33-68-51-29-45-43(27-49(51)64-5)53(61)59-41(31-56-45)25-38-12-8-10-14-47(38)59/h7-14,21-23,26-29,40-41,55-56H,15-20,24-25,30-34H2,1-6H3/t40-,41-,70?/m0/s1. The fourth-order valence-corrected chi connectivity index (χ4v) is 10.2. The highest BCUT2D eigenvalue weighted by molar-refractivity contribution is 8.29. The third kappa shape index (κ3) is 10.4. The van der Waals surface area contributed by atoms with Crippen LogP contribution in [0.5, 0.6) is 23.0 Å². The van der Waals surface area contributed by atoms with Crippen molar-refractivity contribution in [1.29, 1.82) is 0 Å². The minimum absolute atomic E-state index is 0.00630. The van der Waals surface area contributed by atoms with Crippen LogP contribution in [0.4, 0.5) is 28.4 Å². The Bertz CT molecular complexity index is 2600. The number of para-hydroxylation sites is 2. The summed E-state index contributed by atoms with van der Waals surface area (Å²) in [7, 11) is 4.51. The summed E-state index contributed by atoms with van der Waals surface area (Å²) in [6, 6.07) is 29.8. The van der Waals surface area contributed by atoms with Gasteiger partial charge in [0.2, 0.25) is 0 Å². The van der Waals surface area contributed by atoms with E-state index in [2.05, 4.69) is 66.0 Å². The third-order valence-corrected chi connectivity index (χ3v) is 16.6. The van der Waals surface area contributed by atoms with Crippen LogP contribution in [-0.4, -0.2) is 115 Å². The first-order valence-corrected chi connectivity index (χ1v) is 26.4. The first-order chi connectivity index (χ1) is 34.0. The van der Waals surface area contributed by atoms with Gasteiger partial charge in [-0.05, 0) is 97.7 Å². The number of nitrogens with one attached hydrogen (secondary N) is 2. The Balaban J connectivity index is 1.000. The van der Waals surface area contributed by atoms with Crippen LogP contribution in [0.25, 0.3) is 0 Å². The number of hydrogen-bond donors (Lipinski definition) is 2. The molecule has 4 heterocycles. The van der Waals surface area contributed by atoms with Crippen molar-refractivity contribution in [2.45, 2.75) is 56.7 Å². The largest absolute Gasteiger partial charge is 0.493 e. The Labute approximate surface area is 418 Å². The molecule has 5 aromatic carbocycles. The molecular weight excluding hydrogens is 927 g/mol. The summed E-state index contributed by atoms with van der Waals surface area (Å²) >= 11 is 5.90. The Morgan fingerprint density at radius 3 is 1.63 bits per heavy atom. The quantitative estimate of drug-likeness (QED) is 0.0694. The van der Waals surface area contributed by atoms with Crippen LogP contribution >= 0.6 is 0 Å². The van der Waals surface area contributed by atoms with Gasteiger partial charge >= 0.3 is 0 Å². The lowest BCUT2D eigenvalue weighted by Gasteiger charge is -2.35. The molecule has 2 N–H and O–H groups in total. The maximum Gasteiger partial charge on any atom is 0.260 e. The molecule has 1 unspecified atom stereocenters. The van der Waals surface area contributed by atoms with Crippen molar-refractivity contribution in [1.82, 2.24) is 0 Å². The zero-order valence-corrected chi connectivity index (χ0v) is 42.5. The molecule has 9 rings (SSSR count). The topological polar surface area (TPSA) is 133 Å².